The van der Waals surface area contributed by atoms with E-state index in [4.69, 9.17) is 4.55 Å². The number of imide groups is 1. The lowest BCUT2D eigenvalue weighted by Gasteiger charge is -2.00. The van der Waals surface area contributed by atoms with Gasteiger partial charge in [0.15, 0.2) is 0 Å². The van der Waals surface area contributed by atoms with Crippen LogP contribution in [0.15, 0.2) is 30.3 Å². The summed E-state index contributed by atoms with van der Waals surface area (Å²) in [5, 5.41) is -0.219. The van der Waals surface area contributed by atoms with E-state index in [0.29, 0.717) is 0 Å². The fourth-order valence-electron chi connectivity index (χ4n) is 0.819. The zero-order chi connectivity index (χ0) is 11.5. The van der Waals surface area contributed by atoms with Gasteiger partial charge in [0.1, 0.15) is 0 Å². The third-order valence-corrected chi connectivity index (χ3v) is 2.06. The molecule has 0 atom stereocenters. The Morgan fingerprint density at radius 1 is 1.13 bits per heavy atom. The van der Waals surface area contributed by atoms with E-state index >= 15 is 0 Å². The van der Waals surface area contributed by atoms with Crippen LogP contribution in [0.5, 0.6) is 0 Å². The van der Waals surface area contributed by atoms with Crippen LogP contribution in [0.1, 0.15) is 10.4 Å². The first-order chi connectivity index (χ1) is 6.91. The second-order valence-corrected chi connectivity index (χ2v) is 3.90. The zero-order valence-corrected chi connectivity index (χ0v) is 8.19. The molecule has 0 fully saturated rings. The van der Waals surface area contributed by atoms with Gasteiger partial charge >= 0.3 is 15.4 Å². The maximum atomic E-state index is 11.2. The van der Waals surface area contributed by atoms with Crippen molar-refractivity contribution in [3.05, 3.63) is 35.9 Å². The first kappa shape index (κ1) is 11.3. The number of amides is 2. The van der Waals surface area contributed by atoms with Gasteiger partial charge in [-0.25, -0.2) is 0 Å². The Balaban J connectivity index is 2.78. The Morgan fingerprint density at radius 2 is 1.67 bits per heavy atom. The molecule has 1 aromatic rings. The molecule has 1 rings (SSSR count). The Hall–Kier alpha value is -1.73. The normalized spacial score (nSPS) is 10.7. The van der Waals surface area contributed by atoms with Gasteiger partial charge in [-0.2, -0.15) is 8.42 Å². The number of hydrogen-bond donors (Lipinski definition) is 2. The Kier molecular flexibility index (Phi) is 3.17. The van der Waals surface area contributed by atoms with Crippen LogP contribution in [0.25, 0.3) is 0 Å². The van der Waals surface area contributed by atoms with Gasteiger partial charge < -0.3 is 0 Å². The molecule has 0 aliphatic carbocycles. The molecule has 0 unspecified atom stereocenters. The van der Waals surface area contributed by atoms with E-state index < -0.39 is 21.3 Å². The van der Waals surface area contributed by atoms with Crippen LogP contribution in [-0.4, -0.2) is 24.1 Å². The molecule has 0 aliphatic heterocycles. The van der Waals surface area contributed by atoms with Gasteiger partial charge in [0.2, 0.25) is 0 Å². The number of rotatable bonds is 1. The van der Waals surface area contributed by atoms with Crippen molar-refractivity contribution in [2.45, 2.75) is 0 Å². The van der Waals surface area contributed by atoms with Crippen LogP contribution in [0.4, 0.5) is 4.79 Å². The van der Waals surface area contributed by atoms with Gasteiger partial charge in [-0.15, -0.1) is 0 Å². The Bertz CT molecular complexity index is 479. The highest BCUT2D eigenvalue weighted by Gasteiger charge is 2.21. The lowest BCUT2D eigenvalue weighted by molar-refractivity contribution is 0.0968. The molecule has 80 valence electrons. The van der Waals surface area contributed by atoms with E-state index in [1.807, 2.05) is 0 Å². The van der Waals surface area contributed by atoms with Gasteiger partial charge in [-0.3, -0.25) is 19.5 Å². The van der Waals surface area contributed by atoms with Crippen molar-refractivity contribution in [2.75, 3.05) is 0 Å². The van der Waals surface area contributed by atoms with Crippen LogP contribution in [0.3, 0.4) is 0 Å². The third kappa shape index (κ3) is 3.15. The van der Waals surface area contributed by atoms with E-state index in [0.717, 1.165) is 0 Å². The molecular weight excluding hydrogens is 222 g/mol. The first-order valence-electron chi connectivity index (χ1n) is 3.79. The van der Waals surface area contributed by atoms with E-state index in [1.54, 1.807) is 18.2 Å². The van der Waals surface area contributed by atoms with Crippen LogP contribution >= 0.6 is 0 Å². The summed E-state index contributed by atoms with van der Waals surface area (Å²) in [4.78, 5) is 21.9. The quantitative estimate of drug-likeness (QED) is 0.680. The largest absolute Gasteiger partial charge is 0.370 e. The summed E-state index contributed by atoms with van der Waals surface area (Å²) in [6.07, 6.45) is 0. The summed E-state index contributed by atoms with van der Waals surface area (Å²) in [5.74, 6) is -0.891. The van der Waals surface area contributed by atoms with E-state index in [1.165, 1.54) is 17.4 Å². The molecule has 6 nitrogen and oxygen atoms in total. The molecule has 15 heavy (non-hydrogen) atoms. The Labute approximate surface area is 85.7 Å². The third-order valence-electron chi connectivity index (χ3n) is 1.49. The van der Waals surface area contributed by atoms with E-state index in [9.17, 15) is 18.0 Å². The first-order valence-corrected chi connectivity index (χ1v) is 5.23. The number of carbonyl (C=O) groups excluding carboxylic acids is 2. The summed E-state index contributed by atoms with van der Waals surface area (Å²) < 4.78 is 28.9. The molecule has 2 N–H and O–H groups in total. The fourth-order valence-corrected chi connectivity index (χ4v) is 1.04. The monoisotopic (exact) mass is 229 g/mol. The van der Waals surface area contributed by atoms with E-state index in [-0.39, 0.29) is 5.56 Å². The number of carbonyl (C=O) groups is 2. The molecule has 0 aliphatic rings. The number of hydrogen-bond acceptors (Lipinski definition) is 4. The minimum Gasteiger partial charge on any atom is -0.278 e. The molecule has 1 aromatic carbocycles. The molecule has 7 heteroatoms. The van der Waals surface area contributed by atoms with Gasteiger partial charge in [-0.1, -0.05) is 18.2 Å². The highest BCUT2D eigenvalue weighted by atomic mass is 32.2. The van der Waals surface area contributed by atoms with Crippen molar-refractivity contribution in [2.24, 2.45) is 0 Å². The molecule has 0 saturated carbocycles. The summed E-state index contributed by atoms with van der Waals surface area (Å²) in [5.41, 5.74) is 0.120. The van der Waals surface area contributed by atoms with Gasteiger partial charge in [0.05, 0.1) is 0 Å². The topological polar surface area (TPSA) is 101 Å². The number of nitrogens with one attached hydrogen (secondary N) is 1. The smallest absolute Gasteiger partial charge is 0.278 e. The zero-order valence-electron chi connectivity index (χ0n) is 7.38. The second-order valence-electron chi connectivity index (χ2n) is 2.58. The molecule has 0 spiro atoms. The molecular formula is C8H7NO5S. The van der Waals surface area contributed by atoms with Crippen molar-refractivity contribution >= 4 is 21.3 Å². The minimum absolute atomic E-state index is 0.120. The molecule has 0 aromatic heterocycles. The standard InChI is InChI=1S/C8H7NO5S/c10-7(6-4-2-1-3-5-6)9-8(11)15(12,13)14/h1-5H,(H,9,10,11)(H,12,13,14). The summed E-state index contributed by atoms with van der Waals surface area (Å²) in [7, 11) is -4.88. The second kappa shape index (κ2) is 4.20. The summed E-state index contributed by atoms with van der Waals surface area (Å²) in [6, 6.07) is 7.54. The Morgan fingerprint density at radius 3 is 2.13 bits per heavy atom. The molecule has 0 saturated heterocycles. The predicted molar refractivity (Wildman–Crippen MR) is 50.9 cm³/mol. The van der Waals surface area contributed by atoms with Crippen LogP contribution in [-0.2, 0) is 10.1 Å². The molecule has 0 heterocycles. The fraction of sp³-hybridized carbons (Fsp3) is 0. The van der Waals surface area contributed by atoms with Crippen molar-refractivity contribution < 1.29 is 22.6 Å². The lowest BCUT2D eigenvalue weighted by Crippen LogP contribution is -2.34. The highest BCUT2D eigenvalue weighted by molar-refractivity contribution is 8.01. The van der Waals surface area contributed by atoms with Gasteiger partial charge in [0.25, 0.3) is 5.91 Å². The van der Waals surface area contributed by atoms with Crippen LogP contribution < -0.4 is 5.32 Å². The van der Waals surface area contributed by atoms with Crippen molar-refractivity contribution in [3.8, 4) is 0 Å². The molecule has 0 bridgehead atoms. The summed E-state index contributed by atoms with van der Waals surface area (Å²) >= 11 is 0. The predicted octanol–water partition coefficient (Wildman–Crippen LogP) is 0.424. The highest BCUT2D eigenvalue weighted by Crippen LogP contribution is 1.98. The van der Waals surface area contributed by atoms with Crippen molar-refractivity contribution in [3.63, 3.8) is 0 Å². The summed E-state index contributed by atoms with van der Waals surface area (Å²) in [6.45, 7) is 0. The lowest BCUT2D eigenvalue weighted by atomic mass is 10.2. The molecule has 2 amide bonds. The van der Waals surface area contributed by atoms with Gasteiger partial charge in [0, 0.05) is 5.56 Å². The van der Waals surface area contributed by atoms with Crippen LogP contribution in [0, 0.1) is 0 Å². The van der Waals surface area contributed by atoms with Gasteiger partial charge in [-0.05, 0) is 12.1 Å². The van der Waals surface area contributed by atoms with E-state index in [2.05, 4.69) is 0 Å². The average molecular weight is 229 g/mol. The molecule has 0 radical (unpaired) electrons. The van der Waals surface area contributed by atoms with Crippen molar-refractivity contribution in [1.29, 1.82) is 0 Å². The maximum absolute atomic E-state index is 11.2. The van der Waals surface area contributed by atoms with Crippen molar-refractivity contribution in [1.82, 2.24) is 5.32 Å². The number of benzene rings is 1. The minimum atomic E-state index is -4.88. The average Bonchev–Trinajstić information content (AvgIpc) is 2.17. The van der Waals surface area contributed by atoms with Crippen LogP contribution in [0.2, 0.25) is 0 Å². The SMILES string of the molecule is O=C(NC(=O)S(=O)(=O)O)c1ccccc1. The maximum Gasteiger partial charge on any atom is 0.370 e.